The summed E-state index contributed by atoms with van der Waals surface area (Å²) in [5.74, 6) is 4.13. The number of nitrogens with zero attached hydrogens (tertiary/aromatic N) is 2. The summed E-state index contributed by atoms with van der Waals surface area (Å²) in [5, 5.41) is 0. The summed E-state index contributed by atoms with van der Waals surface area (Å²) >= 11 is 0. The number of amides is 1. The van der Waals surface area contributed by atoms with Crippen LogP contribution in [0.3, 0.4) is 0 Å². The van der Waals surface area contributed by atoms with Gasteiger partial charge in [-0.3, -0.25) is 14.5 Å². The standard InChI is InChI=1S/C32H50N2O3/c1-20-19-32(21(2)30-29(37-32)7-6-14-34(30)16-15-33(5)22(3)35)13-11-25-26-9-8-23-17-24(36)10-12-31(23,4)28(26)18-27(20)25/h21,23,25-26,28-30H,6-19H2,1-5H3/t21-,23-,25+,26+,28+,29-,30+,31+,32+/m1/s1. The van der Waals surface area contributed by atoms with Gasteiger partial charge in [-0.15, -0.1) is 0 Å². The number of ketones is 1. The summed E-state index contributed by atoms with van der Waals surface area (Å²) in [7, 11) is 1.92. The van der Waals surface area contributed by atoms with Crippen molar-refractivity contribution in [3.05, 3.63) is 11.1 Å². The van der Waals surface area contributed by atoms with E-state index in [4.69, 9.17) is 4.74 Å². The molecule has 1 spiro atoms. The van der Waals surface area contributed by atoms with E-state index in [0.717, 1.165) is 63.1 Å². The van der Waals surface area contributed by atoms with Crippen LogP contribution in [0.25, 0.3) is 0 Å². The highest BCUT2D eigenvalue weighted by molar-refractivity contribution is 5.79. The van der Waals surface area contributed by atoms with E-state index >= 15 is 0 Å². The number of likely N-dealkylation sites (tertiary alicyclic amines) is 1. The number of fused-ring (bicyclic) bond motifs is 6. The van der Waals surface area contributed by atoms with Crippen LogP contribution < -0.4 is 0 Å². The minimum Gasteiger partial charge on any atom is -0.369 e. The van der Waals surface area contributed by atoms with Crippen LogP contribution in [-0.4, -0.2) is 65.9 Å². The molecule has 2 aliphatic heterocycles. The fraction of sp³-hybridized carbons (Fsp3) is 0.875. The Morgan fingerprint density at radius 3 is 2.76 bits per heavy atom. The molecule has 0 bridgehead atoms. The highest BCUT2D eigenvalue weighted by Gasteiger charge is 2.59. The number of ether oxygens (including phenoxy) is 1. The Labute approximate surface area is 224 Å². The largest absolute Gasteiger partial charge is 0.369 e. The molecule has 0 aromatic carbocycles. The predicted molar refractivity (Wildman–Crippen MR) is 146 cm³/mol. The first-order valence-electron chi connectivity index (χ1n) is 15.5. The summed E-state index contributed by atoms with van der Waals surface area (Å²) in [6.07, 6.45) is 12.9. The summed E-state index contributed by atoms with van der Waals surface area (Å²) in [6, 6.07) is 0.478. The molecule has 0 N–H and O–H groups in total. The molecule has 0 aromatic rings. The van der Waals surface area contributed by atoms with Crippen molar-refractivity contribution >= 4 is 11.7 Å². The van der Waals surface area contributed by atoms with Gasteiger partial charge in [0.2, 0.25) is 5.91 Å². The highest BCUT2D eigenvalue weighted by Crippen LogP contribution is 2.65. The average Bonchev–Trinajstić information content (AvgIpc) is 3.33. The third-order valence-electron chi connectivity index (χ3n) is 12.7. The maximum Gasteiger partial charge on any atom is 0.219 e. The highest BCUT2D eigenvalue weighted by atomic mass is 16.5. The lowest BCUT2D eigenvalue weighted by atomic mass is 9.52. The number of Topliss-reactive ketones (excluding diaryl/α,β-unsaturated/α-hetero) is 1. The van der Waals surface area contributed by atoms with Crippen molar-refractivity contribution < 1.29 is 14.3 Å². The van der Waals surface area contributed by atoms with Gasteiger partial charge in [0.15, 0.2) is 0 Å². The Bertz CT molecular complexity index is 975. The van der Waals surface area contributed by atoms with Crippen LogP contribution in [0.2, 0.25) is 0 Å². The van der Waals surface area contributed by atoms with E-state index in [1.165, 1.54) is 44.9 Å². The third-order valence-corrected chi connectivity index (χ3v) is 12.7. The second-order valence-electron chi connectivity index (χ2n) is 14.2. The number of rotatable bonds is 3. The van der Waals surface area contributed by atoms with Crippen molar-refractivity contribution in [3.8, 4) is 0 Å². The van der Waals surface area contributed by atoms with Gasteiger partial charge in [0.25, 0.3) is 0 Å². The fourth-order valence-electron chi connectivity index (χ4n) is 10.4. The van der Waals surface area contributed by atoms with Gasteiger partial charge >= 0.3 is 0 Å². The van der Waals surface area contributed by atoms with Crippen molar-refractivity contribution in [1.29, 1.82) is 0 Å². The Morgan fingerprint density at radius 1 is 1.16 bits per heavy atom. The van der Waals surface area contributed by atoms with Crippen molar-refractivity contribution in [3.63, 3.8) is 0 Å². The summed E-state index contributed by atoms with van der Waals surface area (Å²) < 4.78 is 7.17. The SMILES string of the molecule is CC(=O)N(C)CCN1CCC[C@H]2O[C@]3(CC[C@@H]4C(=C(C)C3)C[C@H]3[C@H]4CC[C@@H]4CC(=O)CC[C@@]43C)[C@H](C)[C@@H]21. The molecule has 2 saturated heterocycles. The topological polar surface area (TPSA) is 49.9 Å². The third kappa shape index (κ3) is 4.17. The Kier molecular flexibility index (Phi) is 6.66. The van der Waals surface area contributed by atoms with Crippen LogP contribution in [0, 0.1) is 35.0 Å². The van der Waals surface area contributed by atoms with Crippen molar-refractivity contribution in [2.24, 2.45) is 35.0 Å². The molecular weight excluding hydrogens is 460 g/mol. The van der Waals surface area contributed by atoms with Crippen LogP contribution in [0.5, 0.6) is 0 Å². The van der Waals surface area contributed by atoms with E-state index in [2.05, 4.69) is 25.7 Å². The molecule has 9 atom stereocenters. The molecular formula is C32H50N2O3. The lowest BCUT2D eigenvalue weighted by molar-refractivity contribution is -0.130. The summed E-state index contributed by atoms with van der Waals surface area (Å²) in [6.45, 7) is 12.0. The number of carbonyl (C=O) groups is 2. The monoisotopic (exact) mass is 510 g/mol. The van der Waals surface area contributed by atoms with E-state index in [1.54, 1.807) is 18.1 Å². The lowest BCUT2D eigenvalue weighted by Crippen LogP contribution is -2.51. The first-order valence-corrected chi connectivity index (χ1v) is 15.5. The zero-order valence-electron chi connectivity index (χ0n) is 24.1. The molecule has 4 aliphatic carbocycles. The van der Waals surface area contributed by atoms with Crippen LogP contribution in [0.15, 0.2) is 11.1 Å². The maximum atomic E-state index is 12.3. The summed E-state index contributed by atoms with van der Waals surface area (Å²) in [4.78, 5) is 28.6. The van der Waals surface area contributed by atoms with E-state index in [1.807, 2.05) is 11.9 Å². The van der Waals surface area contributed by atoms with Crippen molar-refractivity contribution in [1.82, 2.24) is 9.80 Å². The first kappa shape index (κ1) is 26.0. The van der Waals surface area contributed by atoms with Crippen LogP contribution >= 0.6 is 0 Å². The molecule has 5 nitrogen and oxygen atoms in total. The minimum absolute atomic E-state index is 0.0281. The number of likely N-dealkylation sites (N-methyl/N-ethyl adjacent to an activating group) is 1. The number of carbonyl (C=O) groups excluding carboxylic acids is 2. The van der Waals surface area contributed by atoms with Gasteiger partial charge in [0.1, 0.15) is 5.78 Å². The van der Waals surface area contributed by atoms with Crippen molar-refractivity contribution in [2.45, 2.75) is 116 Å². The van der Waals surface area contributed by atoms with E-state index in [0.29, 0.717) is 35.2 Å². The number of piperidine rings is 1. The molecule has 6 rings (SSSR count). The van der Waals surface area contributed by atoms with Crippen molar-refractivity contribution in [2.75, 3.05) is 26.7 Å². The normalized spacial score (nSPS) is 45.8. The van der Waals surface area contributed by atoms with Crippen LogP contribution in [-0.2, 0) is 14.3 Å². The van der Waals surface area contributed by atoms with Crippen LogP contribution in [0.1, 0.15) is 98.3 Å². The van der Waals surface area contributed by atoms with Gasteiger partial charge in [0, 0.05) is 51.9 Å². The molecule has 0 radical (unpaired) electrons. The van der Waals surface area contributed by atoms with Gasteiger partial charge < -0.3 is 9.64 Å². The lowest BCUT2D eigenvalue weighted by Gasteiger charge is -2.52. The molecule has 5 heteroatoms. The van der Waals surface area contributed by atoms with Gasteiger partial charge in [0.05, 0.1) is 11.7 Å². The molecule has 5 fully saturated rings. The molecule has 37 heavy (non-hydrogen) atoms. The quantitative estimate of drug-likeness (QED) is 0.462. The van der Waals surface area contributed by atoms with Gasteiger partial charge in [-0.2, -0.15) is 0 Å². The molecule has 0 aromatic heterocycles. The Balaban J connectivity index is 1.22. The molecule has 2 heterocycles. The molecule has 206 valence electrons. The van der Waals surface area contributed by atoms with Gasteiger partial charge in [-0.05, 0) is 100 Å². The second-order valence-corrected chi connectivity index (χ2v) is 14.2. The Morgan fingerprint density at radius 2 is 1.97 bits per heavy atom. The van der Waals surface area contributed by atoms with E-state index < -0.39 is 0 Å². The molecule has 0 unspecified atom stereocenters. The zero-order valence-corrected chi connectivity index (χ0v) is 24.1. The number of hydrogen-bond donors (Lipinski definition) is 0. The van der Waals surface area contributed by atoms with E-state index in [-0.39, 0.29) is 11.5 Å². The van der Waals surface area contributed by atoms with Gasteiger partial charge in [-0.25, -0.2) is 0 Å². The predicted octanol–water partition coefficient (Wildman–Crippen LogP) is 5.62. The molecule has 6 aliphatic rings. The van der Waals surface area contributed by atoms with Crippen LogP contribution in [0.4, 0.5) is 0 Å². The number of hydrogen-bond acceptors (Lipinski definition) is 4. The summed E-state index contributed by atoms with van der Waals surface area (Å²) in [5.41, 5.74) is 3.77. The second kappa shape index (κ2) is 9.47. The minimum atomic E-state index is -0.0281. The van der Waals surface area contributed by atoms with E-state index in [9.17, 15) is 9.59 Å². The smallest absolute Gasteiger partial charge is 0.219 e. The average molecular weight is 511 g/mol. The van der Waals surface area contributed by atoms with Gasteiger partial charge in [-0.1, -0.05) is 25.0 Å². The number of allylic oxidation sites excluding steroid dienone is 1. The molecule has 1 amide bonds. The first-order chi connectivity index (χ1) is 17.6. The fourth-order valence-corrected chi connectivity index (χ4v) is 10.4. The Hall–Kier alpha value is -1.20. The maximum absolute atomic E-state index is 12.3. The zero-order chi connectivity index (χ0) is 26.1. The molecule has 3 saturated carbocycles.